The molecular formula is C16H14N4O3S. The number of rotatable bonds is 6. The van der Waals surface area contributed by atoms with Crippen molar-refractivity contribution in [3.8, 4) is 17.4 Å². The molecule has 0 spiro atoms. The Morgan fingerprint density at radius 3 is 2.79 bits per heavy atom. The molecule has 0 atom stereocenters. The second kappa shape index (κ2) is 7.51. The van der Waals surface area contributed by atoms with Gasteiger partial charge in [0.1, 0.15) is 11.5 Å². The van der Waals surface area contributed by atoms with Gasteiger partial charge in [-0.05, 0) is 17.7 Å². The van der Waals surface area contributed by atoms with Crippen molar-refractivity contribution in [1.82, 2.24) is 19.0 Å². The Labute approximate surface area is 142 Å². The van der Waals surface area contributed by atoms with E-state index in [9.17, 15) is 4.79 Å². The van der Waals surface area contributed by atoms with E-state index in [0.29, 0.717) is 29.6 Å². The second-order valence-corrected chi connectivity index (χ2v) is 5.32. The highest BCUT2D eigenvalue weighted by Gasteiger charge is 2.08. The third kappa shape index (κ3) is 4.05. The SMILES string of the molecule is COc1cccc(Oc2ccc(CNC(=O)c3cnsn3)cn2)c1. The van der Waals surface area contributed by atoms with E-state index in [1.54, 1.807) is 25.4 Å². The summed E-state index contributed by atoms with van der Waals surface area (Å²) in [5.74, 6) is 1.55. The lowest BCUT2D eigenvalue weighted by Crippen LogP contribution is -2.23. The Bertz CT molecular complexity index is 806. The molecule has 24 heavy (non-hydrogen) atoms. The Balaban J connectivity index is 1.58. The van der Waals surface area contributed by atoms with Crippen LogP contribution in [0.3, 0.4) is 0 Å². The molecule has 2 heterocycles. The van der Waals surface area contributed by atoms with Crippen LogP contribution in [-0.4, -0.2) is 26.7 Å². The minimum absolute atomic E-state index is 0.263. The van der Waals surface area contributed by atoms with E-state index in [1.807, 2.05) is 24.3 Å². The molecule has 0 aliphatic carbocycles. The monoisotopic (exact) mass is 342 g/mol. The van der Waals surface area contributed by atoms with Crippen molar-refractivity contribution in [2.75, 3.05) is 7.11 Å². The Hall–Kier alpha value is -3.00. The molecule has 0 unspecified atom stereocenters. The fraction of sp³-hybridized carbons (Fsp3) is 0.125. The topological polar surface area (TPSA) is 86.2 Å². The predicted molar refractivity (Wildman–Crippen MR) is 88.4 cm³/mol. The smallest absolute Gasteiger partial charge is 0.272 e. The molecule has 2 aromatic heterocycles. The molecule has 3 aromatic rings. The number of ether oxygens (including phenoxy) is 2. The van der Waals surface area contributed by atoms with Crippen molar-refractivity contribution in [3.05, 3.63) is 60.0 Å². The summed E-state index contributed by atoms with van der Waals surface area (Å²) in [6.45, 7) is 0.350. The molecular weight excluding hydrogens is 328 g/mol. The van der Waals surface area contributed by atoms with Crippen LogP contribution in [0, 0.1) is 0 Å². The summed E-state index contributed by atoms with van der Waals surface area (Å²) in [6, 6.07) is 10.8. The van der Waals surface area contributed by atoms with E-state index in [4.69, 9.17) is 9.47 Å². The Morgan fingerprint density at radius 2 is 2.08 bits per heavy atom. The molecule has 0 bridgehead atoms. The normalized spacial score (nSPS) is 10.2. The van der Waals surface area contributed by atoms with Gasteiger partial charge in [-0.2, -0.15) is 8.75 Å². The van der Waals surface area contributed by atoms with Gasteiger partial charge in [-0.15, -0.1) is 0 Å². The van der Waals surface area contributed by atoms with Crippen LogP contribution in [0.15, 0.2) is 48.8 Å². The van der Waals surface area contributed by atoms with Crippen molar-refractivity contribution in [2.24, 2.45) is 0 Å². The van der Waals surface area contributed by atoms with E-state index >= 15 is 0 Å². The first-order chi connectivity index (χ1) is 11.7. The fourth-order valence-electron chi connectivity index (χ4n) is 1.90. The van der Waals surface area contributed by atoms with Crippen LogP contribution in [0.4, 0.5) is 0 Å². The molecule has 7 nitrogen and oxygen atoms in total. The molecule has 0 radical (unpaired) electrons. The van der Waals surface area contributed by atoms with Gasteiger partial charge in [0.2, 0.25) is 5.88 Å². The maximum absolute atomic E-state index is 11.8. The van der Waals surface area contributed by atoms with Gasteiger partial charge in [-0.25, -0.2) is 4.98 Å². The summed E-state index contributed by atoms with van der Waals surface area (Å²) in [4.78, 5) is 16.0. The number of carbonyl (C=O) groups excluding carboxylic acids is 1. The van der Waals surface area contributed by atoms with Crippen LogP contribution in [0.1, 0.15) is 16.1 Å². The van der Waals surface area contributed by atoms with Gasteiger partial charge in [0, 0.05) is 24.9 Å². The second-order valence-electron chi connectivity index (χ2n) is 4.76. The van der Waals surface area contributed by atoms with E-state index in [0.717, 1.165) is 17.3 Å². The number of aromatic nitrogens is 3. The fourth-order valence-corrected chi connectivity index (χ4v) is 2.31. The van der Waals surface area contributed by atoms with Crippen molar-refractivity contribution >= 4 is 17.6 Å². The largest absolute Gasteiger partial charge is 0.497 e. The number of amides is 1. The maximum atomic E-state index is 11.8. The minimum Gasteiger partial charge on any atom is -0.497 e. The summed E-state index contributed by atoms with van der Waals surface area (Å²) in [7, 11) is 1.60. The number of nitrogens with zero attached hydrogens (tertiary/aromatic N) is 3. The lowest BCUT2D eigenvalue weighted by atomic mass is 10.3. The average Bonchev–Trinajstić information content (AvgIpc) is 3.16. The van der Waals surface area contributed by atoms with Crippen molar-refractivity contribution < 1.29 is 14.3 Å². The quantitative estimate of drug-likeness (QED) is 0.741. The van der Waals surface area contributed by atoms with E-state index < -0.39 is 0 Å². The highest BCUT2D eigenvalue weighted by molar-refractivity contribution is 6.99. The first-order valence-corrected chi connectivity index (χ1v) is 7.80. The molecule has 0 fully saturated rings. The van der Waals surface area contributed by atoms with Gasteiger partial charge >= 0.3 is 0 Å². The van der Waals surface area contributed by atoms with Crippen LogP contribution in [0.2, 0.25) is 0 Å². The maximum Gasteiger partial charge on any atom is 0.272 e. The molecule has 3 rings (SSSR count). The highest BCUT2D eigenvalue weighted by atomic mass is 32.1. The lowest BCUT2D eigenvalue weighted by molar-refractivity contribution is 0.0947. The van der Waals surface area contributed by atoms with Crippen molar-refractivity contribution in [1.29, 1.82) is 0 Å². The minimum atomic E-state index is -0.263. The molecule has 1 N–H and O–H groups in total. The number of carbonyl (C=O) groups is 1. The zero-order valence-corrected chi connectivity index (χ0v) is 13.6. The van der Waals surface area contributed by atoms with Gasteiger partial charge in [-0.1, -0.05) is 12.1 Å². The lowest BCUT2D eigenvalue weighted by Gasteiger charge is -2.07. The summed E-state index contributed by atoms with van der Waals surface area (Å²) < 4.78 is 18.5. The molecule has 0 saturated heterocycles. The first kappa shape index (κ1) is 15.9. The average molecular weight is 342 g/mol. The Morgan fingerprint density at radius 1 is 1.21 bits per heavy atom. The number of hydrogen-bond acceptors (Lipinski definition) is 7. The molecule has 8 heteroatoms. The first-order valence-electron chi connectivity index (χ1n) is 7.07. The van der Waals surface area contributed by atoms with Crippen LogP contribution in [0.5, 0.6) is 17.4 Å². The van der Waals surface area contributed by atoms with Gasteiger partial charge in [0.15, 0.2) is 5.69 Å². The molecule has 122 valence electrons. The highest BCUT2D eigenvalue weighted by Crippen LogP contribution is 2.23. The summed E-state index contributed by atoms with van der Waals surface area (Å²) in [5.41, 5.74) is 1.16. The van der Waals surface area contributed by atoms with Crippen LogP contribution >= 0.6 is 11.7 Å². The van der Waals surface area contributed by atoms with E-state index in [-0.39, 0.29) is 5.91 Å². The molecule has 1 amide bonds. The number of methoxy groups -OCH3 is 1. The van der Waals surface area contributed by atoms with Crippen LogP contribution in [0.25, 0.3) is 0 Å². The molecule has 0 aliphatic rings. The van der Waals surface area contributed by atoms with Crippen molar-refractivity contribution in [2.45, 2.75) is 6.54 Å². The zero-order valence-electron chi connectivity index (χ0n) is 12.8. The third-order valence-corrected chi connectivity index (χ3v) is 3.59. The van der Waals surface area contributed by atoms with Crippen LogP contribution < -0.4 is 14.8 Å². The number of benzene rings is 1. The van der Waals surface area contributed by atoms with Crippen molar-refractivity contribution in [3.63, 3.8) is 0 Å². The van der Waals surface area contributed by atoms with Gasteiger partial charge in [0.05, 0.1) is 25.0 Å². The van der Waals surface area contributed by atoms with Crippen LogP contribution in [-0.2, 0) is 6.54 Å². The molecule has 0 saturated carbocycles. The van der Waals surface area contributed by atoms with E-state index in [1.165, 1.54) is 6.20 Å². The zero-order chi connectivity index (χ0) is 16.8. The predicted octanol–water partition coefficient (Wildman–Crippen LogP) is 2.66. The molecule has 0 aliphatic heterocycles. The van der Waals surface area contributed by atoms with E-state index in [2.05, 4.69) is 19.0 Å². The molecule has 1 aromatic carbocycles. The van der Waals surface area contributed by atoms with Gasteiger partial charge in [0.25, 0.3) is 5.91 Å². The third-order valence-electron chi connectivity index (χ3n) is 3.11. The number of nitrogens with one attached hydrogen (secondary N) is 1. The standard InChI is InChI=1S/C16H14N4O3S/c1-22-12-3-2-4-13(7-12)23-15-6-5-11(8-17-15)9-18-16(21)14-10-19-24-20-14/h2-8,10H,9H2,1H3,(H,18,21). The summed E-state index contributed by atoms with van der Waals surface area (Å²) in [5, 5.41) is 2.75. The summed E-state index contributed by atoms with van der Waals surface area (Å²) >= 11 is 0.996. The Kier molecular flexibility index (Phi) is 4.97. The number of hydrogen-bond donors (Lipinski definition) is 1. The number of pyridine rings is 1. The van der Waals surface area contributed by atoms with Gasteiger partial charge in [-0.3, -0.25) is 4.79 Å². The van der Waals surface area contributed by atoms with Gasteiger partial charge < -0.3 is 14.8 Å². The summed E-state index contributed by atoms with van der Waals surface area (Å²) in [6.07, 6.45) is 3.08.